The number of ether oxygens (including phenoxy) is 3. The van der Waals surface area contributed by atoms with Crippen LogP contribution in [0.4, 0.5) is 0 Å². The second-order valence-electron chi connectivity index (χ2n) is 19.4. The van der Waals surface area contributed by atoms with Crippen molar-refractivity contribution in [2.45, 2.75) is 188 Å². The highest BCUT2D eigenvalue weighted by Gasteiger charge is 2.69. The fourth-order valence-corrected chi connectivity index (χ4v) is 9.48. The van der Waals surface area contributed by atoms with Gasteiger partial charge >= 0.3 is 5.97 Å². The van der Waals surface area contributed by atoms with Crippen molar-refractivity contribution in [2.75, 3.05) is 6.61 Å². The van der Waals surface area contributed by atoms with Gasteiger partial charge in [-0.2, -0.15) is 0 Å². The molecule has 0 amide bonds. The molecule has 5 atom stereocenters. The van der Waals surface area contributed by atoms with E-state index in [9.17, 15) is 9.90 Å². The van der Waals surface area contributed by atoms with Crippen molar-refractivity contribution in [2.24, 2.45) is 5.92 Å². The molecule has 1 fully saturated rings. The van der Waals surface area contributed by atoms with E-state index < -0.39 is 40.4 Å². The first-order chi connectivity index (χ1) is 26.0. The summed E-state index contributed by atoms with van der Waals surface area (Å²) in [4.78, 5) is 13.8. The van der Waals surface area contributed by atoms with Gasteiger partial charge in [0.25, 0.3) is 0 Å². The van der Waals surface area contributed by atoms with Gasteiger partial charge in [-0.3, -0.25) is 0 Å². The number of aliphatic hydroxyl groups is 1. The first-order valence-electron chi connectivity index (χ1n) is 21.1. The van der Waals surface area contributed by atoms with E-state index in [0.717, 1.165) is 51.8 Å². The summed E-state index contributed by atoms with van der Waals surface area (Å²) in [5, 5.41) is 13.4. The number of rotatable bonds is 20. The van der Waals surface area contributed by atoms with Gasteiger partial charge in [0.05, 0.1) is 37.2 Å². The van der Waals surface area contributed by atoms with Crippen molar-refractivity contribution in [3.05, 3.63) is 64.9 Å². The lowest BCUT2D eigenvalue weighted by Crippen LogP contribution is -2.53. The Morgan fingerprint density at radius 1 is 0.946 bits per heavy atom. The van der Waals surface area contributed by atoms with Gasteiger partial charge in [-0.1, -0.05) is 106 Å². The summed E-state index contributed by atoms with van der Waals surface area (Å²) in [6.07, 6.45) is 3.19. The standard InChI is InChI=1S/C46H74O8Si2/c1-16-22-34(38(47)27-40(54-56(14,15)45(9,10)11)46(39(17-2)53-46)43(48)49-18-3)36-29-51-42-35(36)26-33(25-31(4)5)41(50-28-32-23-20-19-21-24-32)37(42)30-52-55(12,13)44(6,7)8/h19-21,23-24,26,29,31,34,38-40,47H,16-18,22,25,27-28,30H2,1-15H3/t34?,38-,39?,40+,46+/m1/s1. The highest BCUT2D eigenvalue weighted by molar-refractivity contribution is 6.74. The Labute approximate surface area is 340 Å². The molecule has 8 nitrogen and oxygen atoms in total. The molecule has 56 heavy (non-hydrogen) atoms. The summed E-state index contributed by atoms with van der Waals surface area (Å²) in [5.74, 6) is 0.488. The molecule has 1 aromatic heterocycles. The van der Waals surface area contributed by atoms with E-state index in [4.69, 9.17) is 27.5 Å². The van der Waals surface area contributed by atoms with E-state index in [-0.39, 0.29) is 35.1 Å². The largest absolute Gasteiger partial charge is 0.488 e. The van der Waals surface area contributed by atoms with Gasteiger partial charge in [-0.15, -0.1) is 0 Å². The van der Waals surface area contributed by atoms with Crippen molar-refractivity contribution in [3.8, 4) is 5.75 Å². The van der Waals surface area contributed by atoms with Crippen molar-refractivity contribution in [1.82, 2.24) is 0 Å². The summed E-state index contributed by atoms with van der Waals surface area (Å²) < 4.78 is 39.3. The molecule has 1 N–H and O–H groups in total. The second kappa shape index (κ2) is 18.2. The zero-order valence-corrected chi connectivity index (χ0v) is 39.4. The van der Waals surface area contributed by atoms with Crippen molar-refractivity contribution < 1.29 is 37.4 Å². The van der Waals surface area contributed by atoms with Gasteiger partial charge in [-0.25, -0.2) is 4.79 Å². The number of hydrogen-bond donors (Lipinski definition) is 1. The molecular formula is C46H74O8Si2. The van der Waals surface area contributed by atoms with Crippen LogP contribution in [-0.2, 0) is 42.8 Å². The number of esters is 1. The molecule has 0 saturated carbocycles. The van der Waals surface area contributed by atoms with Crippen LogP contribution < -0.4 is 4.74 Å². The predicted octanol–water partition coefficient (Wildman–Crippen LogP) is 11.9. The minimum absolute atomic E-state index is 0.0172. The fourth-order valence-electron chi connectivity index (χ4n) is 7.21. The van der Waals surface area contributed by atoms with Gasteiger partial charge in [0, 0.05) is 23.3 Å². The highest BCUT2D eigenvalue weighted by atomic mass is 28.4. The lowest BCUT2D eigenvalue weighted by Gasteiger charge is -2.41. The molecule has 2 heterocycles. The quantitative estimate of drug-likeness (QED) is 0.0684. The molecule has 1 aliphatic rings. The van der Waals surface area contributed by atoms with E-state index in [2.05, 4.69) is 107 Å². The molecule has 2 aromatic carbocycles. The van der Waals surface area contributed by atoms with Gasteiger partial charge in [0.15, 0.2) is 16.6 Å². The van der Waals surface area contributed by atoms with E-state index in [1.807, 2.05) is 38.3 Å². The minimum Gasteiger partial charge on any atom is -0.488 e. The molecule has 1 aliphatic heterocycles. The second-order valence-corrected chi connectivity index (χ2v) is 29.0. The number of carbonyl (C=O) groups excluding carboxylic acids is 1. The fraction of sp³-hybridized carbons (Fsp3) is 0.674. The van der Waals surface area contributed by atoms with Crippen LogP contribution in [0.2, 0.25) is 36.3 Å². The Balaban J connectivity index is 1.86. The number of furan rings is 1. The monoisotopic (exact) mass is 810 g/mol. The number of epoxide rings is 1. The number of hydrogen-bond acceptors (Lipinski definition) is 8. The summed E-state index contributed by atoms with van der Waals surface area (Å²) in [6.45, 7) is 33.7. The van der Waals surface area contributed by atoms with Crippen LogP contribution in [0.3, 0.4) is 0 Å². The third kappa shape index (κ3) is 10.2. The van der Waals surface area contributed by atoms with Crippen molar-refractivity contribution in [3.63, 3.8) is 0 Å². The van der Waals surface area contributed by atoms with Crippen LogP contribution in [0.15, 0.2) is 47.1 Å². The molecule has 3 aromatic rings. The van der Waals surface area contributed by atoms with E-state index in [1.54, 1.807) is 0 Å². The third-order valence-electron chi connectivity index (χ3n) is 12.6. The van der Waals surface area contributed by atoms with E-state index >= 15 is 0 Å². The van der Waals surface area contributed by atoms with Crippen LogP contribution in [0.25, 0.3) is 11.0 Å². The number of aliphatic hydroxyl groups excluding tert-OH is 1. The van der Waals surface area contributed by atoms with Crippen LogP contribution >= 0.6 is 0 Å². The Hall–Kier alpha value is -2.48. The smallest absolute Gasteiger partial charge is 0.343 e. The van der Waals surface area contributed by atoms with Gasteiger partial charge in [-0.05, 0) is 85.6 Å². The zero-order valence-electron chi connectivity index (χ0n) is 37.4. The number of benzene rings is 2. The Morgan fingerprint density at radius 2 is 1.59 bits per heavy atom. The Morgan fingerprint density at radius 3 is 2.12 bits per heavy atom. The molecule has 10 heteroatoms. The molecule has 0 aliphatic carbocycles. The predicted molar refractivity (Wildman–Crippen MR) is 232 cm³/mol. The molecule has 314 valence electrons. The van der Waals surface area contributed by atoms with E-state index in [0.29, 0.717) is 32.0 Å². The van der Waals surface area contributed by atoms with Crippen LogP contribution in [-0.4, -0.2) is 58.2 Å². The van der Waals surface area contributed by atoms with Crippen LogP contribution in [0.5, 0.6) is 5.75 Å². The van der Waals surface area contributed by atoms with Crippen molar-refractivity contribution >= 4 is 33.6 Å². The molecule has 0 bridgehead atoms. The lowest BCUT2D eigenvalue weighted by atomic mass is 9.83. The molecule has 0 radical (unpaired) electrons. The van der Waals surface area contributed by atoms with Crippen LogP contribution in [0.1, 0.15) is 130 Å². The molecular weight excluding hydrogens is 737 g/mol. The average molecular weight is 811 g/mol. The Kier molecular flexibility index (Phi) is 15.0. The van der Waals surface area contributed by atoms with Gasteiger partial charge < -0.3 is 32.6 Å². The first-order valence-corrected chi connectivity index (χ1v) is 26.9. The van der Waals surface area contributed by atoms with Gasteiger partial charge in [0.2, 0.25) is 5.60 Å². The molecule has 0 spiro atoms. The maximum absolute atomic E-state index is 13.8. The summed E-state index contributed by atoms with van der Waals surface area (Å²) in [5.41, 5.74) is 3.53. The molecule has 4 rings (SSSR count). The van der Waals surface area contributed by atoms with Crippen molar-refractivity contribution in [1.29, 1.82) is 0 Å². The molecule has 1 saturated heterocycles. The number of fused-ring (bicyclic) bond motifs is 1. The highest BCUT2D eigenvalue weighted by Crippen LogP contribution is 2.50. The minimum atomic E-state index is -2.43. The maximum atomic E-state index is 13.8. The zero-order chi connectivity index (χ0) is 41.9. The van der Waals surface area contributed by atoms with Crippen LogP contribution in [0, 0.1) is 5.92 Å². The Bertz CT molecular complexity index is 1740. The molecule has 2 unspecified atom stereocenters. The third-order valence-corrected chi connectivity index (χ3v) is 21.6. The summed E-state index contributed by atoms with van der Waals surface area (Å²) in [6, 6.07) is 12.5. The lowest BCUT2D eigenvalue weighted by molar-refractivity contribution is -0.154. The number of carbonyl (C=O) groups is 1. The first kappa shape index (κ1) is 46.2. The van der Waals surface area contributed by atoms with Gasteiger partial charge in [0.1, 0.15) is 24.0 Å². The summed E-state index contributed by atoms with van der Waals surface area (Å²) in [7, 11) is -4.59. The maximum Gasteiger partial charge on any atom is 0.343 e. The SMILES string of the molecule is CCCC(c1coc2c(CO[Si](C)(C)C(C)(C)C)c(OCc3ccccc3)c(CC(C)C)cc12)[C@H](O)C[C@H](O[Si](C)(C)C(C)(C)C)[C@@]1(C(=O)OCC)OC1CC. The van der Waals surface area contributed by atoms with E-state index in [1.165, 1.54) is 0 Å². The topological polar surface area (TPSA) is 99.9 Å². The summed E-state index contributed by atoms with van der Waals surface area (Å²) >= 11 is 0. The average Bonchev–Trinajstić information content (AvgIpc) is 3.72. The normalized spacial score (nSPS) is 19.6.